The van der Waals surface area contributed by atoms with E-state index in [1.165, 1.54) is 5.56 Å². The minimum Gasteiger partial charge on any atom is -0.508 e. The third kappa shape index (κ3) is 1.83. The summed E-state index contributed by atoms with van der Waals surface area (Å²) < 4.78 is 5.88. The van der Waals surface area contributed by atoms with Crippen LogP contribution in [0.4, 0.5) is 0 Å². The third-order valence-corrected chi connectivity index (χ3v) is 3.27. The molecule has 2 aromatic rings. The van der Waals surface area contributed by atoms with E-state index in [4.69, 9.17) is 10.5 Å². The third-order valence-electron chi connectivity index (χ3n) is 3.27. The first-order valence-electron chi connectivity index (χ1n) is 6.06. The van der Waals surface area contributed by atoms with Gasteiger partial charge in [-0.3, -0.25) is 0 Å². The summed E-state index contributed by atoms with van der Waals surface area (Å²) in [5.41, 5.74) is 8.97. The number of hydrogen-bond donors (Lipinski definition) is 2. The Hall–Kier alpha value is -2.00. The Balaban J connectivity index is 2.05. The normalized spacial score (nSPS) is 17.3. The Labute approximate surface area is 106 Å². The summed E-state index contributed by atoms with van der Waals surface area (Å²) >= 11 is 0. The second-order valence-electron chi connectivity index (χ2n) is 4.52. The molecule has 3 N–H and O–H groups in total. The van der Waals surface area contributed by atoms with Crippen LogP contribution in [0.3, 0.4) is 0 Å². The molecule has 18 heavy (non-hydrogen) atoms. The van der Waals surface area contributed by atoms with Gasteiger partial charge in [0.15, 0.2) is 0 Å². The van der Waals surface area contributed by atoms with Crippen LogP contribution in [0.1, 0.15) is 5.56 Å². The molecule has 1 aliphatic heterocycles. The number of fused-ring (bicyclic) bond motifs is 1. The van der Waals surface area contributed by atoms with E-state index >= 15 is 0 Å². The maximum atomic E-state index is 9.33. The van der Waals surface area contributed by atoms with Crippen LogP contribution >= 0.6 is 0 Å². The molecule has 0 fully saturated rings. The first kappa shape index (κ1) is 11.1. The highest BCUT2D eigenvalue weighted by molar-refractivity contribution is 5.73. The summed E-state index contributed by atoms with van der Waals surface area (Å²) in [6, 6.07) is 13.3. The number of phenolic OH excluding ortho intramolecular Hbond substituents is 1. The minimum atomic E-state index is 0.0817. The summed E-state index contributed by atoms with van der Waals surface area (Å²) in [5, 5.41) is 9.33. The van der Waals surface area contributed by atoms with Gasteiger partial charge < -0.3 is 15.6 Å². The van der Waals surface area contributed by atoms with Crippen molar-refractivity contribution in [2.75, 3.05) is 6.54 Å². The van der Waals surface area contributed by atoms with E-state index in [0.29, 0.717) is 6.54 Å². The lowest BCUT2D eigenvalue weighted by atomic mass is 10.0. The smallest absolute Gasteiger partial charge is 0.130 e. The van der Waals surface area contributed by atoms with E-state index in [2.05, 4.69) is 6.07 Å². The quantitative estimate of drug-likeness (QED) is 0.848. The molecule has 0 aliphatic carbocycles. The van der Waals surface area contributed by atoms with Gasteiger partial charge >= 0.3 is 0 Å². The van der Waals surface area contributed by atoms with Crippen LogP contribution < -0.4 is 10.5 Å². The predicted octanol–water partition coefficient (Wildman–Crippen LogP) is 2.32. The van der Waals surface area contributed by atoms with Gasteiger partial charge in [-0.1, -0.05) is 30.3 Å². The van der Waals surface area contributed by atoms with Crippen molar-refractivity contribution in [2.24, 2.45) is 5.73 Å². The highest BCUT2D eigenvalue weighted by atomic mass is 16.5. The van der Waals surface area contributed by atoms with Crippen molar-refractivity contribution < 1.29 is 9.84 Å². The fourth-order valence-corrected chi connectivity index (χ4v) is 2.34. The molecule has 0 amide bonds. The highest BCUT2D eigenvalue weighted by Crippen LogP contribution is 2.38. The van der Waals surface area contributed by atoms with Gasteiger partial charge in [-0.25, -0.2) is 0 Å². The monoisotopic (exact) mass is 241 g/mol. The maximum absolute atomic E-state index is 9.33. The molecule has 92 valence electrons. The Bertz CT molecular complexity index is 563. The molecular weight excluding hydrogens is 226 g/mol. The average molecular weight is 241 g/mol. The number of phenols is 1. The van der Waals surface area contributed by atoms with Crippen molar-refractivity contribution in [2.45, 2.75) is 12.5 Å². The number of ether oxygens (including phenoxy) is 1. The van der Waals surface area contributed by atoms with E-state index < -0.39 is 0 Å². The molecule has 0 saturated carbocycles. The van der Waals surface area contributed by atoms with Crippen LogP contribution in [0.15, 0.2) is 42.5 Å². The summed E-state index contributed by atoms with van der Waals surface area (Å²) in [6.45, 7) is 0.531. The number of aromatic hydroxyl groups is 1. The number of nitrogens with two attached hydrogens (primary N) is 1. The van der Waals surface area contributed by atoms with Crippen LogP contribution in [0.2, 0.25) is 0 Å². The first-order valence-corrected chi connectivity index (χ1v) is 6.06. The second-order valence-corrected chi connectivity index (χ2v) is 4.52. The molecule has 1 aliphatic rings. The summed E-state index contributed by atoms with van der Waals surface area (Å²) in [6.07, 6.45) is 0.955. The van der Waals surface area contributed by atoms with Crippen molar-refractivity contribution in [1.82, 2.24) is 0 Å². The second kappa shape index (κ2) is 4.35. The van der Waals surface area contributed by atoms with Gasteiger partial charge in [0.1, 0.15) is 17.6 Å². The SMILES string of the molecule is NCC1Cc2cccc(-c3ccc(O)cc3)c2O1. The zero-order valence-electron chi connectivity index (χ0n) is 9.97. The van der Waals surface area contributed by atoms with Crippen molar-refractivity contribution in [3.05, 3.63) is 48.0 Å². The van der Waals surface area contributed by atoms with Crippen LogP contribution in [0.25, 0.3) is 11.1 Å². The Morgan fingerprint density at radius 2 is 1.94 bits per heavy atom. The lowest BCUT2D eigenvalue weighted by molar-refractivity contribution is 0.242. The van der Waals surface area contributed by atoms with E-state index in [0.717, 1.165) is 23.3 Å². The minimum absolute atomic E-state index is 0.0817. The van der Waals surface area contributed by atoms with Gasteiger partial charge in [0.05, 0.1) is 0 Å². The van der Waals surface area contributed by atoms with Crippen molar-refractivity contribution in [3.63, 3.8) is 0 Å². The Kier molecular flexibility index (Phi) is 2.68. The van der Waals surface area contributed by atoms with Gasteiger partial charge in [-0.05, 0) is 23.3 Å². The number of benzene rings is 2. The van der Waals surface area contributed by atoms with Crippen LogP contribution in [0.5, 0.6) is 11.5 Å². The average Bonchev–Trinajstić information content (AvgIpc) is 2.82. The molecule has 1 atom stereocenters. The fourth-order valence-electron chi connectivity index (χ4n) is 2.34. The van der Waals surface area contributed by atoms with Gasteiger partial charge in [0.25, 0.3) is 0 Å². The summed E-state index contributed by atoms with van der Waals surface area (Å²) in [4.78, 5) is 0. The summed E-state index contributed by atoms with van der Waals surface area (Å²) in [5.74, 6) is 1.20. The topological polar surface area (TPSA) is 55.5 Å². The summed E-state index contributed by atoms with van der Waals surface area (Å²) in [7, 11) is 0. The number of para-hydroxylation sites is 1. The van der Waals surface area contributed by atoms with Crippen molar-refractivity contribution in [3.8, 4) is 22.6 Å². The molecular formula is C15H15NO2. The fraction of sp³-hybridized carbons (Fsp3) is 0.200. The number of rotatable bonds is 2. The van der Waals surface area contributed by atoms with Crippen molar-refractivity contribution >= 4 is 0 Å². The molecule has 0 radical (unpaired) electrons. The lowest BCUT2D eigenvalue weighted by Crippen LogP contribution is -2.24. The standard InChI is InChI=1S/C15H15NO2/c16-9-13-8-11-2-1-3-14(15(11)18-13)10-4-6-12(17)7-5-10/h1-7,13,17H,8-9,16H2. The van der Waals surface area contributed by atoms with E-state index in [-0.39, 0.29) is 11.9 Å². The molecule has 1 unspecified atom stereocenters. The zero-order valence-corrected chi connectivity index (χ0v) is 9.97. The Morgan fingerprint density at radius 1 is 1.17 bits per heavy atom. The van der Waals surface area contributed by atoms with E-state index in [9.17, 15) is 5.11 Å². The zero-order chi connectivity index (χ0) is 12.5. The number of hydrogen-bond acceptors (Lipinski definition) is 3. The molecule has 0 aromatic heterocycles. The molecule has 3 heteroatoms. The molecule has 3 nitrogen and oxygen atoms in total. The van der Waals surface area contributed by atoms with Crippen LogP contribution in [0, 0.1) is 0 Å². The molecule has 0 bridgehead atoms. The molecule has 0 spiro atoms. The predicted molar refractivity (Wildman–Crippen MR) is 70.7 cm³/mol. The highest BCUT2D eigenvalue weighted by Gasteiger charge is 2.24. The van der Waals surface area contributed by atoms with Gasteiger partial charge in [-0.15, -0.1) is 0 Å². The van der Waals surface area contributed by atoms with Crippen LogP contribution in [-0.2, 0) is 6.42 Å². The first-order chi connectivity index (χ1) is 8.78. The van der Waals surface area contributed by atoms with Crippen molar-refractivity contribution in [1.29, 1.82) is 0 Å². The maximum Gasteiger partial charge on any atom is 0.130 e. The Morgan fingerprint density at radius 3 is 2.67 bits per heavy atom. The van der Waals surface area contributed by atoms with E-state index in [1.807, 2.05) is 24.3 Å². The van der Waals surface area contributed by atoms with Gasteiger partial charge in [-0.2, -0.15) is 0 Å². The molecule has 0 saturated heterocycles. The van der Waals surface area contributed by atoms with Crippen LogP contribution in [-0.4, -0.2) is 17.8 Å². The molecule has 1 heterocycles. The lowest BCUT2D eigenvalue weighted by Gasteiger charge is -2.10. The largest absolute Gasteiger partial charge is 0.508 e. The van der Waals surface area contributed by atoms with Gasteiger partial charge in [0.2, 0.25) is 0 Å². The van der Waals surface area contributed by atoms with E-state index in [1.54, 1.807) is 12.1 Å². The van der Waals surface area contributed by atoms with Gasteiger partial charge in [0, 0.05) is 18.5 Å². The molecule has 2 aromatic carbocycles. The molecule has 3 rings (SSSR count).